The van der Waals surface area contributed by atoms with Crippen LogP contribution in [0.4, 0.5) is 0 Å². The molecule has 7 N–H and O–H groups in total. The fourth-order valence-electron chi connectivity index (χ4n) is 2.85. The van der Waals surface area contributed by atoms with Crippen molar-refractivity contribution in [2.75, 3.05) is 19.8 Å². The van der Waals surface area contributed by atoms with Crippen molar-refractivity contribution in [2.24, 2.45) is 0 Å². The van der Waals surface area contributed by atoms with E-state index in [1.54, 1.807) is 0 Å². The van der Waals surface area contributed by atoms with E-state index >= 15 is 0 Å². The number of aliphatic hydroxyl groups is 7. The molecule has 2 heterocycles. The van der Waals surface area contributed by atoms with Crippen LogP contribution in [-0.2, 0) is 18.9 Å². The predicted octanol–water partition coefficient (Wildman–Crippen LogP) is -4.19. The van der Waals surface area contributed by atoms with Crippen LogP contribution in [0.3, 0.4) is 0 Å². The van der Waals surface area contributed by atoms with E-state index in [0.29, 0.717) is 0 Å². The Morgan fingerprint density at radius 3 is 1.92 bits per heavy atom. The van der Waals surface area contributed by atoms with Crippen molar-refractivity contribution in [2.45, 2.75) is 61.4 Å². The van der Waals surface area contributed by atoms with Crippen LogP contribution in [0.15, 0.2) is 12.7 Å². The summed E-state index contributed by atoms with van der Waals surface area (Å²) in [5.41, 5.74) is 0. The van der Waals surface area contributed by atoms with Gasteiger partial charge in [-0.1, -0.05) is 6.08 Å². The summed E-state index contributed by atoms with van der Waals surface area (Å²) < 4.78 is 21.1. The monoisotopic (exact) mass is 382 g/mol. The van der Waals surface area contributed by atoms with E-state index in [1.165, 1.54) is 6.08 Å². The molecule has 152 valence electrons. The van der Waals surface area contributed by atoms with Gasteiger partial charge in [0, 0.05) is 0 Å². The molecule has 2 aliphatic heterocycles. The third-order valence-electron chi connectivity index (χ3n) is 4.34. The van der Waals surface area contributed by atoms with Gasteiger partial charge in [0.1, 0.15) is 48.8 Å². The maximum absolute atomic E-state index is 10.3. The zero-order chi connectivity index (χ0) is 19.4. The molecule has 26 heavy (non-hydrogen) atoms. The molecule has 0 aromatic heterocycles. The van der Waals surface area contributed by atoms with E-state index in [0.717, 1.165) is 0 Å². The molecule has 2 fully saturated rings. The average Bonchev–Trinajstić information content (AvgIpc) is 2.64. The molecule has 0 aliphatic carbocycles. The van der Waals surface area contributed by atoms with Crippen LogP contribution in [0.2, 0.25) is 0 Å². The van der Waals surface area contributed by atoms with E-state index in [-0.39, 0.29) is 6.61 Å². The zero-order valence-corrected chi connectivity index (χ0v) is 13.9. The highest BCUT2D eigenvalue weighted by Gasteiger charge is 2.50. The van der Waals surface area contributed by atoms with Gasteiger partial charge in [0.2, 0.25) is 0 Å². The average molecular weight is 382 g/mol. The number of hydrogen-bond acceptors (Lipinski definition) is 11. The van der Waals surface area contributed by atoms with Gasteiger partial charge in [0.15, 0.2) is 12.6 Å². The molecular weight excluding hydrogens is 356 g/mol. The van der Waals surface area contributed by atoms with E-state index in [2.05, 4.69) is 6.58 Å². The van der Waals surface area contributed by atoms with Crippen LogP contribution in [0.25, 0.3) is 0 Å². The third-order valence-corrected chi connectivity index (χ3v) is 4.34. The van der Waals surface area contributed by atoms with Gasteiger partial charge in [0.25, 0.3) is 0 Å². The fraction of sp³-hybridized carbons (Fsp3) is 0.867. The second kappa shape index (κ2) is 9.48. The van der Waals surface area contributed by atoms with E-state index < -0.39 is 74.6 Å². The van der Waals surface area contributed by atoms with Crippen LogP contribution >= 0.6 is 0 Å². The molecule has 10 atom stereocenters. The van der Waals surface area contributed by atoms with E-state index in [4.69, 9.17) is 18.9 Å². The van der Waals surface area contributed by atoms with Crippen LogP contribution < -0.4 is 0 Å². The van der Waals surface area contributed by atoms with Gasteiger partial charge in [-0.3, -0.25) is 0 Å². The molecule has 0 radical (unpaired) electrons. The smallest absolute Gasteiger partial charge is 0.187 e. The van der Waals surface area contributed by atoms with Gasteiger partial charge < -0.3 is 54.7 Å². The van der Waals surface area contributed by atoms with Crippen molar-refractivity contribution in [3.63, 3.8) is 0 Å². The number of rotatable bonds is 7. The molecule has 0 aromatic rings. The van der Waals surface area contributed by atoms with Crippen molar-refractivity contribution in [3.05, 3.63) is 12.7 Å². The lowest BCUT2D eigenvalue weighted by Gasteiger charge is -2.45. The molecule has 2 aliphatic rings. The Kier molecular flexibility index (Phi) is 7.88. The molecule has 0 amide bonds. The highest BCUT2D eigenvalue weighted by Crippen LogP contribution is 2.29. The molecule has 0 saturated carbocycles. The third kappa shape index (κ3) is 4.40. The Morgan fingerprint density at radius 2 is 1.35 bits per heavy atom. The van der Waals surface area contributed by atoms with Crippen molar-refractivity contribution in [1.82, 2.24) is 0 Å². The summed E-state index contributed by atoms with van der Waals surface area (Å²) in [7, 11) is 0. The highest BCUT2D eigenvalue weighted by molar-refractivity contribution is 4.94. The first-order valence-corrected chi connectivity index (χ1v) is 8.16. The molecule has 0 spiro atoms. The van der Waals surface area contributed by atoms with Gasteiger partial charge in [-0.05, 0) is 0 Å². The van der Waals surface area contributed by atoms with E-state index in [9.17, 15) is 35.7 Å². The normalized spacial score (nSPS) is 46.9. The van der Waals surface area contributed by atoms with Gasteiger partial charge in [-0.25, -0.2) is 0 Å². The number of hydrogen-bond donors (Lipinski definition) is 7. The molecule has 10 unspecified atom stereocenters. The first-order chi connectivity index (χ1) is 12.3. The maximum atomic E-state index is 10.3. The minimum atomic E-state index is -1.71. The van der Waals surface area contributed by atoms with Crippen molar-refractivity contribution >= 4 is 0 Å². The maximum Gasteiger partial charge on any atom is 0.187 e. The van der Waals surface area contributed by atoms with Gasteiger partial charge in [-0.15, -0.1) is 6.58 Å². The topological polar surface area (TPSA) is 179 Å². The Labute approximate surface area is 149 Å². The summed E-state index contributed by atoms with van der Waals surface area (Å²) in [4.78, 5) is 0. The minimum absolute atomic E-state index is 0.0166. The minimum Gasteiger partial charge on any atom is -0.394 e. The lowest BCUT2D eigenvalue weighted by molar-refractivity contribution is -0.359. The van der Waals surface area contributed by atoms with Gasteiger partial charge in [0.05, 0.1) is 19.8 Å². The molecule has 11 nitrogen and oxygen atoms in total. The molecule has 0 aromatic carbocycles. The second-order valence-corrected chi connectivity index (χ2v) is 6.13. The van der Waals surface area contributed by atoms with Crippen molar-refractivity contribution in [1.29, 1.82) is 0 Å². The summed E-state index contributed by atoms with van der Waals surface area (Å²) >= 11 is 0. The van der Waals surface area contributed by atoms with Gasteiger partial charge in [-0.2, -0.15) is 0 Å². The molecule has 0 bridgehead atoms. The van der Waals surface area contributed by atoms with E-state index in [1.807, 2.05) is 0 Å². The largest absolute Gasteiger partial charge is 0.394 e. The lowest BCUT2D eigenvalue weighted by Crippen LogP contribution is -2.64. The zero-order valence-electron chi connectivity index (χ0n) is 13.9. The Balaban J connectivity index is 2.14. The predicted molar refractivity (Wildman–Crippen MR) is 82.5 cm³/mol. The highest BCUT2D eigenvalue weighted by atomic mass is 16.7. The summed E-state index contributed by atoms with van der Waals surface area (Å²) in [6.45, 7) is 2.22. The van der Waals surface area contributed by atoms with Crippen LogP contribution in [-0.4, -0.2) is 117 Å². The Hall–Kier alpha value is -0.700. The quantitative estimate of drug-likeness (QED) is 0.212. The first-order valence-electron chi connectivity index (χ1n) is 8.16. The number of aliphatic hydroxyl groups excluding tert-OH is 7. The van der Waals surface area contributed by atoms with Crippen LogP contribution in [0, 0.1) is 0 Å². The second-order valence-electron chi connectivity index (χ2n) is 6.13. The standard InChI is InChI=1S/C15H26O11/c1-2-3-23-14-12(22)13(9(19)7(5-17)24-14)26-15-11(21)10(20)8(18)6(4-16)25-15/h2,6-22H,1,3-5H2. The Morgan fingerprint density at radius 1 is 0.769 bits per heavy atom. The lowest BCUT2D eigenvalue weighted by atomic mass is 9.97. The fourth-order valence-corrected chi connectivity index (χ4v) is 2.85. The van der Waals surface area contributed by atoms with Crippen LogP contribution in [0.5, 0.6) is 0 Å². The first kappa shape index (κ1) is 21.6. The summed E-state index contributed by atoms with van der Waals surface area (Å²) in [6.07, 6.45) is -13.2. The molecular formula is C15H26O11. The Bertz CT molecular complexity index is 447. The molecule has 2 rings (SSSR count). The van der Waals surface area contributed by atoms with Gasteiger partial charge >= 0.3 is 0 Å². The molecule has 2 saturated heterocycles. The summed E-state index contributed by atoms with van der Waals surface area (Å²) in [5.74, 6) is 0. The number of ether oxygens (including phenoxy) is 4. The molecule has 11 heteroatoms. The van der Waals surface area contributed by atoms with Crippen LogP contribution in [0.1, 0.15) is 0 Å². The summed E-state index contributed by atoms with van der Waals surface area (Å²) in [5, 5.41) is 68.7. The van der Waals surface area contributed by atoms with Crippen molar-refractivity contribution in [3.8, 4) is 0 Å². The summed E-state index contributed by atoms with van der Waals surface area (Å²) in [6, 6.07) is 0. The van der Waals surface area contributed by atoms with Crippen molar-refractivity contribution < 1.29 is 54.7 Å². The SMILES string of the molecule is C=CCOC1OC(CO)C(O)C(OC2OC(CO)C(O)C(O)C2O)C1O.